The van der Waals surface area contributed by atoms with Gasteiger partial charge in [0, 0.05) is 18.8 Å². The fraction of sp³-hybridized carbons (Fsp3) is 0.615. The first-order chi connectivity index (χ1) is 9.55. The van der Waals surface area contributed by atoms with Gasteiger partial charge in [0.25, 0.3) is 0 Å². The number of sulfonamides is 1. The van der Waals surface area contributed by atoms with Gasteiger partial charge in [-0.15, -0.1) is 0 Å². The molecule has 0 radical (unpaired) electrons. The monoisotopic (exact) mass is 298 g/mol. The van der Waals surface area contributed by atoms with Crippen molar-refractivity contribution in [2.24, 2.45) is 0 Å². The molecule has 1 saturated carbocycles. The summed E-state index contributed by atoms with van der Waals surface area (Å²) in [4.78, 5) is 4.14. The number of ether oxygens (including phenoxy) is 2. The lowest BCUT2D eigenvalue weighted by molar-refractivity contribution is -0.0666. The van der Waals surface area contributed by atoms with Gasteiger partial charge in [0.15, 0.2) is 0 Å². The quantitative estimate of drug-likeness (QED) is 0.819. The van der Waals surface area contributed by atoms with E-state index >= 15 is 0 Å². The number of hydrogen-bond acceptors (Lipinski definition) is 5. The summed E-state index contributed by atoms with van der Waals surface area (Å²) in [5, 5.41) is 0. The van der Waals surface area contributed by atoms with E-state index in [9.17, 15) is 8.42 Å². The maximum atomic E-state index is 11.8. The van der Waals surface area contributed by atoms with Crippen LogP contribution in [0.3, 0.4) is 0 Å². The van der Waals surface area contributed by atoms with Gasteiger partial charge in [-0.05, 0) is 18.9 Å². The predicted molar refractivity (Wildman–Crippen MR) is 73.0 cm³/mol. The number of morpholine rings is 1. The molecule has 0 unspecified atom stereocenters. The van der Waals surface area contributed by atoms with Crippen molar-refractivity contribution in [3.63, 3.8) is 0 Å². The first-order valence-electron chi connectivity index (χ1n) is 6.72. The summed E-state index contributed by atoms with van der Waals surface area (Å²) in [6.45, 7) is 0.840. The van der Waals surface area contributed by atoms with Crippen LogP contribution < -0.4 is 4.74 Å². The Morgan fingerprint density at radius 1 is 1.40 bits per heavy atom. The van der Waals surface area contributed by atoms with E-state index in [4.69, 9.17) is 9.47 Å². The number of hydrogen-bond donors (Lipinski definition) is 0. The summed E-state index contributed by atoms with van der Waals surface area (Å²) in [6, 6.07) is 5.36. The molecular weight excluding hydrogens is 280 g/mol. The van der Waals surface area contributed by atoms with Crippen molar-refractivity contribution >= 4 is 10.0 Å². The number of fused-ring (bicyclic) bond motifs is 1. The Balaban J connectivity index is 1.75. The summed E-state index contributed by atoms with van der Waals surface area (Å²) >= 11 is 0. The van der Waals surface area contributed by atoms with Gasteiger partial charge in [-0.1, -0.05) is 6.07 Å². The van der Waals surface area contributed by atoms with Crippen molar-refractivity contribution in [2.45, 2.75) is 31.1 Å². The molecule has 0 spiro atoms. The number of aromatic nitrogens is 1. The first-order valence-corrected chi connectivity index (χ1v) is 8.56. The van der Waals surface area contributed by atoms with E-state index in [1.165, 1.54) is 6.26 Å². The molecule has 110 valence electrons. The lowest BCUT2D eigenvalue weighted by atomic mass is 10.1. The zero-order valence-electron chi connectivity index (χ0n) is 11.3. The van der Waals surface area contributed by atoms with Crippen LogP contribution >= 0.6 is 0 Å². The van der Waals surface area contributed by atoms with Crippen molar-refractivity contribution in [1.29, 1.82) is 0 Å². The molecule has 2 fully saturated rings. The zero-order valence-corrected chi connectivity index (χ0v) is 12.1. The Labute approximate surface area is 118 Å². The molecule has 1 aromatic rings. The second kappa shape index (κ2) is 5.31. The van der Waals surface area contributed by atoms with Gasteiger partial charge >= 0.3 is 0 Å². The summed E-state index contributed by atoms with van der Waals surface area (Å²) in [6.07, 6.45) is 4.11. The summed E-state index contributed by atoms with van der Waals surface area (Å²) in [5.41, 5.74) is 0. The largest absolute Gasteiger partial charge is 0.472 e. The summed E-state index contributed by atoms with van der Waals surface area (Å²) in [5.74, 6) is 0.554. The van der Waals surface area contributed by atoms with E-state index < -0.39 is 10.0 Å². The molecular formula is C13H18N2O4S. The van der Waals surface area contributed by atoms with Crippen LogP contribution in [-0.2, 0) is 14.8 Å². The molecule has 6 nitrogen and oxygen atoms in total. The Morgan fingerprint density at radius 3 is 2.95 bits per heavy atom. The topological polar surface area (TPSA) is 68.7 Å². The highest BCUT2D eigenvalue weighted by Crippen LogP contribution is 2.33. The molecule has 2 heterocycles. The molecule has 7 heteroatoms. The molecule has 0 bridgehead atoms. The Hall–Kier alpha value is -1.18. The van der Waals surface area contributed by atoms with Gasteiger partial charge in [-0.2, -0.15) is 4.31 Å². The summed E-state index contributed by atoms with van der Waals surface area (Å²) < 4.78 is 36.8. The molecule has 3 rings (SSSR count). The van der Waals surface area contributed by atoms with Gasteiger partial charge in [0.2, 0.25) is 15.9 Å². The zero-order chi connectivity index (χ0) is 14.2. The van der Waals surface area contributed by atoms with Gasteiger partial charge in [0.1, 0.15) is 12.2 Å². The van der Waals surface area contributed by atoms with E-state index in [1.807, 2.05) is 12.1 Å². The molecule has 1 saturated heterocycles. The van der Waals surface area contributed by atoms with Crippen LogP contribution in [0.15, 0.2) is 24.4 Å². The number of rotatable bonds is 3. The highest BCUT2D eigenvalue weighted by molar-refractivity contribution is 7.88. The Morgan fingerprint density at radius 2 is 2.25 bits per heavy atom. The molecule has 1 aliphatic heterocycles. The maximum absolute atomic E-state index is 11.8. The number of nitrogens with zero attached hydrogens (tertiary/aromatic N) is 2. The second-order valence-corrected chi connectivity index (χ2v) is 7.11. The molecule has 0 amide bonds. The Bertz CT molecular complexity index is 563. The van der Waals surface area contributed by atoms with Crippen LogP contribution in [0.4, 0.5) is 0 Å². The minimum atomic E-state index is -3.19. The van der Waals surface area contributed by atoms with Gasteiger partial charge in [-0.25, -0.2) is 13.4 Å². The van der Waals surface area contributed by atoms with Crippen LogP contribution in [0.5, 0.6) is 5.88 Å². The van der Waals surface area contributed by atoms with Crippen molar-refractivity contribution < 1.29 is 17.9 Å². The minimum absolute atomic E-state index is 0.118. The fourth-order valence-electron chi connectivity index (χ4n) is 2.99. The lowest BCUT2D eigenvalue weighted by Gasteiger charge is -2.37. The standard InChI is InChI=1S/C13H18N2O4S/c1-20(16,17)15-8-9-18-13-10(15)5-6-11(13)19-12-4-2-3-7-14-12/h2-4,7,10-11,13H,5-6,8-9H2,1H3/t10-,11+,13-/m1/s1. The predicted octanol–water partition coefficient (Wildman–Crippen LogP) is 0.652. The smallest absolute Gasteiger partial charge is 0.213 e. The third-order valence-corrected chi connectivity index (χ3v) is 5.13. The van der Waals surface area contributed by atoms with Gasteiger partial charge in [0.05, 0.1) is 18.9 Å². The van der Waals surface area contributed by atoms with Crippen molar-refractivity contribution in [3.05, 3.63) is 24.4 Å². The van der Waals surface area contributed by atoms with Crippen molar-refractivity contribution in [3.8, 4) is 5.88 Å². The highest BCUT2D eigenvalue weighted by atomic mass is 32.2. The van der Waals surface area contributed by atoms with Crippen LogP contribution in [0.25, 0.3) is 0 Å². The normalized spacial score (nSPS) is 30.9. The SMILES string of the molecule is CS(=O)(=O)N1CCO[C@H]2[C@@H](Oc3ccccn3)CC[C@H]21. The maximum Gasteiger partial charge on any atom is 0.213 e. The minimum Gasteiger partial charge on any atom is -0.472 e. The molecule has 3 atom stereocenters. The molecule has 1 aliphatic carbocycles. The van der Waals surface area contributed by atoms with Crippen molar-refractivity contribution in [1.82, 2.24) is 9.29 Å². The van der Waals surface area contributed by atoms with E-state index in [1.54, 1.807) is 16.6 Å². The molecule has 0 aromatic carbocycles. The average molecular weight is 298 g/mol. The van der Waals surface area contributed by atoms with Gasteiger partial charge < -0.3 is 9.47 Å². The van der Waals surface area contributed by atoms with Crippen molar-refractivity contribution in [2.75, 3.05) is 19.4 Å². The fourth-order valence-corrected chi connectivity index (χ4v) is 4.12. The molecule has 2 aliphatic rings. The van der Waals surface area contributed by atoms with Crippen LogP contribution in [-0.4, -0.2) is 55.4 Å². The average Bonchev–Trinajstić information content (AvgIpc) is 2.82. The van der Waals surface area contributed by atoms with E-state index in [-0.39, 0.29) is 18.2 Å². The molecule has 0 N–H and O–H groups in total. The molecule has 1 aromatic heterocycles. The first kappa shape index (κ1) is 13.8. The van der Waals surface area contributed by atoms with Gasteiger partial charge in [-0.3, -0.25) is 0 Å². The summed E-state index contributed by atoms with van der Waals surface area (Å²) in [7, 11) is -3.19. The van der Waals surface area contributed by atoms with E-state index in [2.05, 4.69) is 4.98 Å². The van der Waals surface area contributed by atoms with Crippen LogP contribution in [0, 0.1) is 0 Å². The van der Waals surface area contributed by atoms with E-state index in [0.717, 1.165) is 12.8 Å². The lowest BCUT2D eigenvalue weighted by Crippen LogP contribution is -2.53. The van der Waals surface area contributed by atoms with Crippen LogP contribution in [0.1, 0.15) is 12.8 Å². The third kappa shape index (κ3) is 2.65. The highest BCUT2D eigenvalue weighted by Gasteiger charge is 2.46. The Kier molecular flexibility index (Phi) is 3.66. The number of pyridine rings is 1. The van der Waals surface area contributed by atoms with E-state index in [0.29, 0.717) is 19.0 Å². The molecule has 20 heavy (non-hydrogen) atoms. The third-order valence-electron chi connectivity index (χ3n) is 3.82. The second-order valence-electron chi connectivity index (χ2n) is 5.18. The van der Waals surface area contributed by atoms with Crippen LogP contribution in [0.2, 0.25) is 0 Å².